The Labute approximate surface area is 121 Å². The molecule has 0 fully saturated rings. The minimum Gasteiger partial charge on any atom is -0.391 e. The van der Waals surface area contributed by atoms with Crippen LogP contribution in [0.1, 0.15) is 18.9 Å². The van der Waals surface area contributed by atoms with Crippen molar-refractivity contribution in [3.05, 3.63) is 29.3 Å². The second-order valence-electron chi connectivity index (χ2n) is 4.23. The summed E-state index contributed by atoms with van der Waals surface area (Å²) in [5.74, 6) is -2.22. The fourth-order valence-electron chi connectivity index (χ4n) is 1.52. The molecule has 1 aromatic rings. The van der Waals surface area contributed by atoms with E-state index in [-0.39, 0.29) is 11.8 Å². The van der Waals surface area contributed by atoms with Crippen LogP contribution in [0.15, 0.2) is 17.0 Å². The Kier molecular flexibility index (Phi) is 6.38. The average molecular weight is 325 g/mol. The number of halogens is 2. The van der Waals surface area contributed by atoms with Gasteiger partial charge in [0.15, 0.2) is 5.82 Å². The van der Waals surface area contributed by atoms with Gasteiger partial charge >= 0.3 is 0 Å². The average Bonchev–Trinajstić information content (AvgIpc) is 2.38. The van der Waals surface area contributed by atoms with E-state index in [1.54, 1.807) is 11.8 Å². The number of aliphatic hydroxyl groups excluding tert-OH is 1. The van der Waals surface area contributed by atoms with Crippen LogP contribution in [0.25, 0.3) is 0 Å². The standard InChI is InChI=1S/C12H17F2NO3S2/c1-8(19-2)5-6-15-20(17,18)11-4-3-10(13)9(7-16)12(11)14/h3-4,8,15-16H,5-7H2,1-2H3. The summed E-state index contributed by atoms with van der Waals surface area (Å²) in [6.45, 7) is 1.21. The first-order valence-electron chi connectivity index (χ1n) is 5.93. The fourth-order valence-corrected chi connectivity index (χ4v) is 3.02. The Morgan fingerprint density at radius 2 is 2.05 bits per heavy atom. The second kappa shape index (κ2) is 7.35. The molecule has 1 aromatic carbocycles. The van der Waals surface area contributed by atoms with Gasteiger partial charge in [0.2, 0.25) is 10.0 Å². The SMILES string of the molecule is CSC(C)CCNS(=O)(=O)c1ccc(F)c(CO)c1F. The third-order valence-electron chi connectivity index (χ3n) is 2.84. The highest BCUT2D eigenvalue weighted by molar-refractivity contribution is 7.99. The molecule has 20 heavy (non-hydrogen) atoms. The smallest absolute Gasteiger partial charge is 0.243 e. The second-order valence-corrected chi connectivity index (χ2v) is 7.24. The van der Waals surface area contributed by atoms with Gasteiger partial charge in [-0.3, -0.25) is 0 Å². The highest BCUT2D eigenvalue weighted by Crippen LogP contribution is 2.21. The number of sulfonamides is 1. The minimum atomic E-state index is -4.06. The number of hydrogen-bond donors (Lipinski definition) is 2. The summed E-state index contributed by atoms with van der Waals surface area (Å²) in [6, 6.07) is 1.68. The van der Waals surface area contributed by atoms with Crippen molar-refractivity contribution in [2.24, 2.45) is 0 Å². The molecule has 0 aromatic heterocycles. The Hall–Kier alpha value is -0.700. The molecule has 0 bridgehead atoms. The van der Waals surface area contributed by atoms with Crippen LogP contribution >= 0.6 is 11.8 Å². The number of nitrogens with one attached hydrogen (secondary N) is 1. The largest absolute Gasteiger partial charge is 0.391 e. The van der Waals surface area contributed by atoms with Crippen molar-refractivity contribution in [1.82, 2.24) is 4.72 Å². The minimum absolute atomic E-state index is 0.162. The van der Waals surface area contributed by atoms with E-state index < -0.39 is 38.7 Å². The first kappa shape index (κ1) is 17.4. The summed E-state index contributed by atoms with van der Waals surface area (Å²) >= 11 is 1.59. The summed E-state index contributed by atoms with van der Waals surface area (Å²) in [6.07, 6.45) is 2.50. The van der Waals surface area contributed by atoms with Gasteiger partial charge in [-0.25, -0.2) is 21.9 Å². The molecule has 1 atom stereocenters. The van der Waals surface area contributed by atoms with E-state index in [4.69, 9.17) is 5.11 Å². The molecular formula is C12H17F2NO3S2. The van der Waals surface area contributed by atoms with Gasteiger partial charge in [0, 0.05) is 11.8 Å². The molecule has 0 spiro atoms. The van der Waals surface area contributed by atoms with Crippen molar-refractivity contribution in [1.29, 1.82) is 0 Å². The van der Waals surface area contributed by atoms with E-state index in [9.17, 15) is 17.2 Å². The highest BCUT2D eigenvalue weighted by atomic mass is 32.2. The van der Waals surface area contributed by atoms with E-state index in [1.165, 1.54) is 0 Å². The summed E-state index contributed by atoms with van der Waals surface area (Å²) in [5.41, 5.74) is -0.648. The molecule has 1 rings (SSSR count). The van der Waals surface area contributed by atoms with E-state index in [0.29, 0.717) is 6.42 Å². The van der Waals surface area contributed by atoms with Crippen molar-refractivity contribution in [3.8, 4) is 0 Å². The molecular weight excluding hydrogens is 308 g/mol. The van der Waals surface area contributed by atoms with Gasteiger partial charge in [-0.05, 0) is 24.8 Å². The maximum Gasteiger partial charge on any atom is 0.243 e. The van der Waals surface area contributed by atoms with Crippen molar-refractivity contribution >= 4 is 21.8 Å². The number of hydrogen-bond acceptors (Lipinski definition) is 4. The number of aliphatic hydroxyl groups is 1. The van der Waals surface area contributed by atoms with Gasteiger partial charge in [0.25, 0.3) is 0 Å². The molecule has 114 valence electrons. The van der Waals surface area contributed by atoms with E-state index in [1.807, 2.05) is 13.2 Å². The molecule has 0 heterocycles. The first-order valence-corrected chi connectivity index (χ1v) is 8.70. The van der Waals surface area contributed by atoms with Crippen LogP contribution in [0.2, 0.25) is 0 Å². The summed E-state index contributed by atoms with van der Waals surface area (Å²) in [4.78, 5) is -0.653. The molecule has 0 saturated heterocycles. The van der Waals surface area contributed by atoms with Crippen LogP contribution in [0.4, 0.5) is 8.78 Å². The van der Waals surface area contributed by atoms with Crippen LogP contribution < -0.4 is 4.72 Å². The van der Waals surface area contributed by atoms with Crippen LogP contribution in [-0.4, -0.2) is 31.6 Å². The fraction of sp³-hybridized carbons (Fsp3) is 0.500. The third kappa shape index (κ3) is 4.15. The normalized spacial score (nSPS) is 13.4. The van der Waals surface area contributed by atoms with E-state index in [0.717, 1.165) is 12.1 Å². The topological polar surface area (TPSA) is 66.4 Å². The van der Waals surface area contributed by atoms with Crippen LogP contribution in [0.3, 0.4) is 0 Å². The maximum atomic E-state index is 13.9. The summed E-state index contributed by atoms with van der Waals surface area (Å²) in [5, 5.41) is 9.14. The molecule has 0 saturated carbocycles. The van der Waals surface area contributed by atoms with Gasteiger partial charge in [0.05, 0.1) is 12.2 Å². The Morgan fingerprint density at radius 3 is 2.60 bits per heavy atom. The molecule has 1 unspecified atom stereocenters. The zero-order valence-corrected chi connectivity index (χ0v) is 12.8. The monoisotopic (exact) mass is 325 g/mol. The summed E-state index contributed by atoms with van der Waals surface area (Å²) in [7, 11) is -4.06. The van der Waals surface area contributed by atoms with Crippen LogP contribution in [-0.2, 0) is 16.6 Å². The number of thioether (sulfide) groups is 1. The van der Waals surface area contributed by atoms with Gasteiger partial charge in [0.1, 0.15) is 10.7 Å². The quantitative estimate of drug-likeness (QED) is 0.803. The van der Waals surface area contributed by atoms with Crippen molar-refractivity contribution in [2.75, 3.05) is 12.8 Å². The molecule has 2 N–H and O–H groups in total. The lowest BCUT2D eigenvalue weighted by atomic mass is 10.2. The molecule has 8 heteroatoms. The van der Waals surface area contributed by atoms with E-state index >= 15 is 0 Å². The zero-order valence-electron chi connectivity index (χ0n) is 11.2. The highest BCUT2D eigenvalue weighted by Gasteiger charge is 2.23. The first-order chi connectivity index (χ1) is 9.33. The molecule has 0 aliphatic heterocycles. The van der Waals surface area contributed by atoms with Crippen LogP contribution in [0, 0.1) is 11.6 Å². The molecule has 0 amide bonds. The molecule has 4 nitrogen and oxygen atoms in total. The lowest BCUT2D eigenvalue weighted by Crippen LogP contribution is -2.27. The molecule has 0 radical (unpaired) electrons. The Morgan fingerprint density at radius 1 is 1.40 bits per heavy atom. The van der Waals surface area contributed by atoms with Crippen molar-refractivity contribution in [3.63, 3.8) is 0 Å². The molecule has 0 aliphatic carbocycles. The lowest BCUT2D eigenvalue weighted by molar-refractivity contribution is 0.267. The van der Waals surface area contributed by atoms with Gasteiger partial charge in [-0.1, -0.05) is 6.92 Å². The predicted molar refractivity (Wildman–Crippen MR) is 75.1 cm³/mol. The van der Waals surface area contributed by atoms with Gasteiger partial charge in [-0.15, -0.1) is 0 Å². The predicted octanol–water partition coefficient (Wildman–Crippen LogP) is 1.88. The zero-order chi connectivity index (χ0) is 15.3. The van der Waals surface area contributed by atoms with Gasteiger partial charge < -0.3 is 5.11 Å². The molecule has 0 aliphatic rings. The van der Waals surface area contributed by atoms with Gasteiger partial charge in [-0.2, -0.15) is 11.8 Å². The Balaban J connectivity index is 2.93. The summed E-state index contributed by atoms with van der Waals surface area (Å²) < 4.78 is 53.2. The maximum absolute atomic E-state index is 13.9. The van der Waals surface area contributed by atoms with E-state index in [2.05, 4.69) is 4.72 Å². The third-order valence-corrected chi connectivity index (χ3v) is 5.36. The van der Waals surface area contributed by atoms with Crippen molar-refractivity contribution in [2.45, 2.75) is 30.1 Å². The number of benzene rings is 1. The Bertz CT molecular complexity index is 564. The lowest BCUT2D eigenvalue weighted by Gasteiger charge is -2.12. The van der Waals surface area contributed by atoms with Crippen LogP contribution in [0.5, 0.6) is 0 Å². The van der Waals surface area contributed by atoms with Crippen molar-refractivity contribution < 1.29 is 22.3 Å². The number of rotatable bonds is 7.